The molecule has 1 N–H and O–H groups in total. The first-order valence-electron chi connectivity index (χ1n) is 4.80. The van der Waals surface area contributed by atoms with Crippen LogP contribution in [0.3, 0.4) is 0 Å². The molecule has 2 saturated heterocycles. The lowest BCUT2D eigenvalue weighted by Gasteiger charge is -2.26. The smallest absolute Gasteiger partial charge is 0.280 e. The third kappa shape index (κ3) is 1.73. The summed E-state index contributed by atoms with van der Waals surface area (Å²) in [5, 5.41) is 6.76. The van der Waals surface area contributed by atoms with Crippen molar-refractivity contribution >= 4 is 17.0 Å². The van der Waals surface area contributed by atoms with E-state index in [4.69, 9.17) is 28.2 Å². The van der Waals surface area contributed by atoms with Gasteiger partial charge in [-0.1, -0.05) is 5.92 Å². The van der Waals surface area contributed by atoms with Gasteiger partial charge in [0.25, 0.3) is 5.36 Å². The van der Waals surface area contributed by atoms with Gasteiger partial charge in [0, 0.05) is 19.0 Å². The van der Waals surface area contributed by atoms with Crippen molar-refractivity contribution in [2.24, 2.45) is 11.8 Å². The molecule has 0 aromatic rings. The van der Waals surface area contributed by atoms with Crippen LogP contribution in [-0.4, -0.2) is 36.0 Å². The molecule has 76 valence electrons. The van der Waals surface area contributed by atoms with Crippen LogP contribution in [0.15, 0.2) is 0 Å². The summed E-state index contributed by atoms with van der Waals surface area (Å²) in [5.41, 5.74) is 0. The second-order valence-electron chi connectivity index (χ2n) is 3.95. The second kappa shape index (κ2) is 3.80. The maximum absolute atomic E-state index is 7.06. The van der Waals surface area contributed by atoms with Gasteiger partial charge in [0.15, 0.2) is 6.10 Å². The monoisotopic (exact) mass is 212 g/mol. The van der Waals surface area contributed by atoms with E-state index >= 15 is 0 Å². The van der Waals surface area contributed by atoms with Crippen molar-refractivity contribution in [2.75, 3.05) is 19.6 Å². The van der Waals surface area contributed by atoms with E-state index in [9.17, 15) is 0 Å². The molecule has 4 unspecified atom stereocenters. The van der Waals surface area contributed by atoms with E-state index in [-0.39, 0.29) is 11.5 Å². The lowest BCUT2D eigenvalue weighted by molar-refractivity contribution is 0.138. The Balaban J connectivity index is 2.00. The molecule has 2 fully saturated rings. The van der Waals surface area contributed by atoms with Gasteiger partial charge in [-0.2, -0.15) is 0 Å². The van der Waals surface area contributed by atoms with Crippen molar-refractivity contribution in [3.05, 3.63) is 0 Å². The summed E-state index contributed by atoms with van der Waals surface area (Å²) >= 11 is 5.38. The number of rotatable bonds is 2. The molecule has 2 aliphatic rings. The molecule has 0 saturated carbocycles. The summed E-state index contributed by atoms with van der Waals surface area (Å²) in [6, 6.07) is 0. The van der Waals surface area contributed by atoms with Gasteiger partial charge in [-0.05, 0) is 30.5 Å². The molecule has 3 nitrogen and oxygen atoms in total. The van der Waals surface area contributed by atoms with Crippen molar-refractivity contribution in [1.29, 1.82) is 5.41 Å². The predicted molar refractivity (Wildman–Crippen MR) is 55.3 cm³/mol. The van der Waals surface area contributed by atoms with Crippen LogP contribution in [0.5, 0.6) is 0 Å². The molecule has 0 aromatic heterocycles. The average molecular weight is 213 g/mol. The van der Waals surface area contributed by atoms with E-state index < -0.39 is 0 Å². The van der Waals surface area contributed by atoms with Gasteiger partial charge in [0.05, 0.1) is 0 Å². The summed E-state index contributed by atoms with van der Waals surface area (Å²) in [6.45, 7) is 3.29. The molecule has 14 heavy (non-hydrogen) atoms. The first kappa shape index (κ1) is 9.82. The molecule has 0 aromatic carbocycles. The van der Waals surface area contributed by atoms with Gasteiger partial charge in [-0.3, -0.25) is 5.41 Å². The number of hydrogen-bond acceptors (Lipinski definition) is 3. The van der Waals surface area contributed by atoms with Crippen LogP contribution in [0, 0.1) is 29.6 Å². The van der Waals surface area contributed by atoms with E-state index in [0.717, 1.165) is 13.1 Å². The van der Waals surface area contributed by atoms with Crippen LogP contribution < -0.4 is 0 Å². The Labute approximate surface area is 88.9 Å². The van der Waals surface area contributed by atoms with Gasteiger partial charge in [-0.25, -0.2) is 0 Å². The van der Waals surface area contributed by atoms with Crippen LogP contribution in [0.25, 0.3) is 0 Å². The molecule has 4 heteroatoms. The zero-order chi connectivity index (χ0) is 10.1. The van der Waals surface area contributed by atoms with Gasteiger partial charge in [0.2, 0.25) is 0 Å². The molecule has 0 amide bonds. The quantitative estimate of drug-likeness (QED) is 0.423. The standard InChI is InChI=1S/C10H13ClN2O/c1-2-9(14-10(11)12)8-6-13-4-3-7(8)5-13/h1,7-9,12H,3-6H2. The molecule has 4 atom stereocenters. The first-order valence-corrected chi connectivity index (χ1v) is 5.17. The van der Waals surface area contributed by atoms with Gasteiger partial charge >= 0.3 is 0 Å². The topological polar surface area (TPSA) is 36.3 Å². The van der Waals surface area contributed by atoms with Crippen LogP contribution in [0.1, 0.15) is 6.42 Å². The Morgan fingerprint density at radius 3 is 2.86 bits per heavy atom. The highest BCUT2D eigenvalue weighted by Crippen LogP contribution is 2.35. The zero-order valence-corrected chi connectivity index (χ0v) is 8.63. The van der Waals surface area contributed by atoms with Gasteiger partial charge < -0.3 is 9.64 Å². The van der Waals surface area contributed by atoms with Crippen molar-refractivity contribution < 1.29 is 4.74 Å². The fourth-order valence-electron chi connectivity index (χ4n) is 2.52. The Morgan fingerprint density at radius 2 is 2.43 bits per heavy atom. The summed E-state index contributed by atoms with van der Waals surface area (Å²) in [7, 11) is 0. The molecule has 0 aliphatic carbocycles. The fraction of sp³-hybridized carbons (Fsp3) is 0.700. The SMILES string of the molecule is C#CC(OC(=N)Cl)C1CN2CCC1C2. The third-order valence-corrected chi connectivity index (χ3v) is 3.26. The second-order valence-corrected chi connectivity index (χ2v) is 4.29. The van der Waals surface area contributed by atoms with E-state index in [1.165, 1.54) is 13.0 Å². The number of piperidine rings is 1. The lowest BCUT2D eigenvalue weighted by atomic mass is 9.88. The number of nitrogens with zero attached hydrogens (tertiary/aromatic N) is 1. The Bertz CT molecular complexity index is 286. The van der Waals surface area contributed by atoms with Crippen LogP contribution in [-0.2, 0) is 4.74 Å². The first-order chi connectivity index (χ1) is 6.70. The van der Waals surface area contributed by atoms with Crippen molar-refractivity contribution in [3.63, 3.8) is 0 Å². The van der Waals surface area contributed by atoms with Crippen LogP contribution >= 0.6 is 11.6 Å². The minimum Gasteiger partial charge on any atom is -0.453 e. The third-order valence-electron chi connectivity index (χ3n) is 3.17. The lowest BCUT2D eigenvalue weighted by Crippen LogP contribution is -2.34. The molecule has 0 radical (unpaired) electrons. The normalized spacial score (nSPS) is 36.4. The zero-order valence-electron chi connectivity index (χ0n) is 7.87. The predicted octanol–water partition coefficient (Wildman–Crippen LogP) is 1.13. The molecule has 2 bridgehead atoms. The highest BCUT2D eigenvalue weighted by Gasteiger charge is 2.42. The summed E-state index contributed by atoms with van der Waals surface area (Å²) in [4.78, 5) is 2.39. The maximum Gasteiger partial charge on any atom is 0.280 e. The molecular weight excluding hydrogens is 200 g/mol. The summed E-state index contributed by atoms with van der Waals surface area (Å²) < 4.78 is 5.12. The highest BCUT2D eigenvalue weighted by molar-refractivity contribution is 6.62. The fourth-order valence-corrected chi connectivity index (χ4v) is 2.62. The van der Waals surface area contributed by atoms with E-state index in [1.807, 2.05) is 0 Å². The summed E-state index contributed by atoms with van der Waals surface area (Å²) in [5.74, 6) is 3.57. The number of halogens is 1. The van der Waals surface area contributed by atoms with Gasteiger partial charge in [0.1, 0.15) is 0 Å². The maximum atomic E-state index is 7.06. The Hall–Kier alpha value is -0.720. The number of nitrogens with one attached hydrogen (secondary N) is 1. The van der Waals surface area contributed by atoms with E-state index in [2.05, 4.69) is 10.8 Å². The van der Waals surface area contributed by atoms with Crippen molar-refractivity contribution in [3.8, 4) is 12.3 Å². The number of hydrogen-bond donors (Lipinski definition) is 1. The van der Waals surface area contributed by atoms with Gasteiger partial charge in [-0.15, -0.1) is 6.42 Å². The average Bonchev–Trinajstić information content (AvgIpc) is 2.74. The van der Waals surface area contributed by atoms with E-state index in [1.54, 1.807) is 0 Å². The summed E-state index contributed by atoms with van der Waals surface area (Å²) in [6.07, 6.45) is 6.26. The van der Waals surface area contributed by atoms with Crippen molar-refractivity contribution in [1.82, 2.24) is 4.90 Å². The Morgan fingerprint density at radius 1 is 1.64 bits per heavy atom. The van der Waals surface area contributed by atoms with Crippen LogP contribution in [0.4, 0.5) is 0 Å². The van der Waals surface area contributed by atoms with Crippen LogP contribution in [0.2, 0.25) is 0 Å². The van der Waals surface area contributed by atoms with E-state index in [0.29, 0.717) is 11.8 Å². The number of ether oxygens (including phenoxy) is 1. The number of fused-ring (bicyclic) bond motifs is 2. The molecule has 2 heterocycles. The minimum atomic E-state index is -0.324. The Kier molecular flexibility index (Phi) is 2.66. The highest BCUT2D eigenvalue weighted by atomic mass is 35.5. The molecule has 2 rings (SSSR count). The molecule has 0 spiro atoms. The molecular formula is C10H13ClN2O. The largest absolute Gasteiger partial charge is 0.453 e. The van der Waals surface area contributed by atoms with Crippen molar-refractivity contribution in [2.45, 2.75) is 12.5 Å². The minimum absolute atomic E-state index is 0.300. The number of terminal acetylenes is 1. The molecule has 2 aliphatic heterocycles.